The highest BCUT2D eigenvalue weighted by atomic mass is 127. The van der Waals surface area contributed by atoms with Gasteiger partial charge in [0.1, 0.15) is 7.40 Å². The summed E-state index contributed by atoms with van der Waals surface area (Å²) in [6, 6.07) is 0.253. The molecule has 5 heteroatoms. The number of hydrogen-bond donors (Lipinski definition) is 1. The molecular weight excluding hydrogens is 394 g/mol. The fraction of sp³-hybridized carbons (Fsp3) is 0.625. The summed E-state index contributed by atoms with van der Waals surface area (Å²) in [5.41, 5.74) is 0. The fourth-order valence-corrected chi connectivity index (χ4v) is 2.82. The minimum absolute atomic E-state index is 0.182. The zero-order valence-corrected chi connectivity index (χ0v) is 11.3. The Morgan fingerprint density at radius 2 is 2.23 bits per heavy atom. The first-order valence-electron chi connectivity index (χ1n) is 4.26. The Balaban J connectivity index is 2.29. The van der Waals surface area contributed by atoms with Gasteiger partial charge in [-0.25, -0.2) is 4.98 Å². The van der Waals surface area contributed by atoms with Gasteiger partial charge in [0.05, 0.1) is 18.5 Å². The molecule has 0 saturated heterocycles. The lowest BCUT2D eigenvalue weighted by molar-refractivity contribution is 0.135. The molecule has 0 amide bonds. The first kappa shape index (κ1) is 10.2. The summed E-state index contributed by atoms with van der Waals surface area (Å²) >= 11 is 4.50. The molecule has 1 heterocycles. The highest BCUT2D eigenvalue weighted by Gasteiger charge is 2.28. The van der Waals surface area contributed by atoms with Crippen molar-refractivity contribution in [2.45, 2.75) is 31.4 Å². The lowest BCUT2D eigenvalue weighted by Crippen LogP contribution is -2.18. The SMILES string of the molecule is O[C@@H]1CCC[C@H]1n1cnc(I)c1I. The number of rotatable bonds is 1. The molecular formula is C8H10I2N2O. The van der Waals surface area contributed by atoms with Gasteiger partial charge in [-0.1, -0.05) is 0 Å². The summed E-state index contributed by atoms with van der Waals surface area (Å²) in [7, 11) is 0. The van der Waals surface area contributed by atoms with Crippen LogP contribution in [0.1, 0.15) is 25.3 Å². The van der Waals surface area contributed by atoms with Gasteiger partial charge < -0.3 is 9.67 Å². The molecule has 13 heavy (non-hydrogen) atoms. The van der Waals surface area contributed by atoms with Gasteiger partial charge in [-0.05, 0) is 64.4 Å². The topological polar surface area (TPSA) is 38.0 Å². The highest BCUT2D eigenvalue weighted by molar-refractivity contribution is 14.1. The zero-order chi connectivity index (χ0) is 9.42. The Morgan fingerprint density at radius 1 is 1.46 bits per heavy atom. The van der Waals surface area contributed by atoms with Crippen LogP contribution in [0.2, 0.25) is 0 Å². The van der Waals surface area contributed by atoms with Crippen molar-refractivity contribution in [1.29, 1.82) is 0 Å². The van der Waals surface area contributed by atoms with E-state index in [9.17, 15) is 5.11 Å². The molecule has 1 saturated carbocycles. The van der Waals surface area contributed by atoms with Crippen molar-refractivity contribution >= 4 is 45.2 Å². The minimum Gasteiger partial charge on any atom is -0.391 e. The molecule has 0 aliphatic heterocycles. The number of imidazole rings is 1. The van der Waals surface area contributed by atoms with E-state index < -0.39 is 0 Å². The van der Waals surface area contributed by atoms with Crippen molar-refractivity contribution < 1.29 is 5.11 Å². The van der Waals surface area contributed by atoms with Gasteiger partial charge in [0.15, 0.2) is 0 Å². The molecule has 72 valence electrons. The second-order valence-electron chi connectivity index (χ2n) is 3.30. The lowest BCUT2D eigenvalue weighted by Gasteiger charge is -2.16. The lowest BCUT2D eigenvalue weighted by atomic mass is 10.2. The number of aliphatic hydroxyl groups excluding tert-OH is 1. The molecule has 0 unspecified atom stereocenters. The molecule has 2 rings (SSSR count). The van der Waals surface area contributed by atoms with Crippen LogP contribution in [-0.2, 0) is 0 Å². The van der Waals surface area contributed by atoms with E-state index in [4.69, 9.17) is 0 Å². The van der Waals surface area contributed by atoms with Crippen molar-refractivity contribution in [3.8, 4) is 0 Å². The van der Waals surface area contributed by atoms with E-state index in [0.717, 1.165) is 26.7 Å². The van der Waals surface area contributed by atoms with Crippen LogP contribution in [-0.4, -0.2) is 20.8 Å². The average molecular weight is 404 g/mol. The number of nitrogens with zero attached hydrogens (tertiary/aromatic N) is 2. The van der Waals surface area contributed by atoms with Crippen LogP contribution in [0.15, 0.2) is 6.33 Å². The van der Waals surface area contributed by atoms with Crippen LogP contribution in [0.3, 0.4) is 0 Å². The van der Waals surface area contributed by atoms with Gasteiger partial charge in [0.25, 0.3) is 0 Å². The zero-order valence-electron chi connectivity index (χ0n) is 6.95. The van der Waals surface area contributed by atoms with E-state index in [1.165, 1.54) is 0 Å². The van der Waals surface area contributed by atoms with Gasteiger partial charge in [-0.2, -0.15) is 0 Å². The third kappa shape index (κ3) is 1.87. The minimum atomic E-state index is -0.182. The maximum absolute atomic E-state index is 9.72. The number of hydrogen-bond acceptors (Lipinski definition) is 2. The molecule has 1 aliphatic carbocycles. The maximum atomic E-state index is 9.72. The molecule has 0 spiro atoms. The first-order chi connectivity index (χ1) is 6.20. The molecule has 1 aliphatic rings. The second-order valence-corrected chi connectivity index (χ2v) is 5.34. The van der Waals surface area contributed by atoms with Crippen LogP contribution >= 0.6 is 45.2 Å². The Bertz CT molecular complexity index is 313. The standard InChI is InChI=1S/C8H10I2N2O/c9-7-8(10)12(4-11-7)5-2-1-3-6(5)13/h4-6,13H,1-3H2/t5-,6-/m1/s1. The highest BCUT2D eigenvalue weighted by Crippen LogP contribution is 2.32. The molecule has 2 atom stereocenters. The predicted octanol–water partition coefficient (Wildman–Crippen LogP) is 2.18. The summed E-state index contributed by atoms with van der Waals surface area (Å²) in [4.78, 5) is 4.23. The monoisotopic (exact) mass is 404 g/mol. The predicted molar refractivity (Wildman–Crippen MR) is 66.6 cm³/mol. The van der Waals surface area contributed by atoms with Gasteiger partial charge in [-0.15, -0.1) is 0 Å². The number of aromatic nitrogens is 2. The smallest absolute Gasteiger partial charge is 0.132 e. The molecule has 3 nitrogen and oxygen atoms in total. The van der Waals surface area contributed by atoms with E-state index in [1.807, 2.05) is 6.33 Å². The fourth-order valence-electron chi connectivity index (χ4n) is 1.80. The van der Waals surface area contributed by atoms with Crippen LogP contribution in [0.4, 0.5) is 0 Å². The summed E-state index contributed by atoms with van der Waals surface area (Å²) in [6.45, 7) is 0. The largest absolute Gasteiger partial charge is 0.391 e. The number of halogens is 2. The van der Waals surface area contributed by atoms with Crippen LogP contribution in [0, 0.1) is 7.40 Å². The molecule has 0 bridgehead atoms. The van der Waals surface area contributed by atoms with Gasteiger partial charge in [-0.3, -0.25) is 0 Å². The molecule has 1 N–H and O–H groups in total. The summed E-state index contributed by atoms with van der Waals surface area (Å²) in [6.07, 6.45) is 4.77. The molecule has 1 aromatic heterocycles. The van der Waals surface area contributed by atoms with E-state index in [-0.39, 0.29) is 12.1 Å². The van der Waals surface area contributed by atoms with Crippen molar-refractivity contribution in [2.75, 3.05) is 0 Å². The maximum Gasteiger partial charge on any atom is 0.132 e. The molecule has 1 aromatic rings. The summed E-state index contributed by atoms with van der Waals surface area (Å²) in [5.74, 6) is 0. The van der Waals surface area contributed by atoms with Gasteiger partial charge in [0.2, 0.25) is 0 Å². The third-order valence-electron chi connectivity index (χ3n) is 2.49. The summed E-state index contributed by atoms with van der Waals surface area (Å²) in [5, 5.41) is 9.72. The Labute approximate surface area is 104 Å². The Kier molecular flexibility index (Phi) is 3.14. The third-order valence-corrected chi connectivity index (χ3v) is 5.38. The summed E-state index contributed by atoms with van der Waals surface area (Å²) < 4.78 is 4.27. The van der Waals surface area contributed by atoms with Gasteiger partial charge >= 0.3 is 0 Å². The van der Waals surface area contributed by atoms with Crippen molar-refractivity contribution in [2.24, 2.45) is 0 Å². The average Bonchev–Trinajstić information content (AvgIpc) is 2.62. The quantitative estimate of drug-likeness (QED) is 0.730. The van der Waals surface area contributed by atoms with E-state index in [1.54, 1.807) is 0 Å². The first-order valence-corrected chi connectivity index (χ1v) is 6.42. The van der Waals surface area contributed by atoms with Crippen LogP contribution < -0.4 is 0 Å². The Hall–Kier alpha value is 0.630. The van der Waals surface area contributed by atoms with Crippen molar-refractivity contribution in [3.63, 3.8) is 0 Å². The van der Waals surface area contributed by atoms with Crippen LogP contribution in [0.5, 0.6) is 0 Å². The van der Waals surface area contributed by atoms with E-state index >= 15 is 0 Å². The van der Waals surface area contributed by atoms with E-state index in [0.29, 0.717) is 0 Å². The normalized spacial score (nSPS) is 28.2. The molecule has 0 radical (unpaired) electrons. The van der Waals surface area contributed by atoms with Crippen molar-refractivity contribution in [3.05, 3.63) is 13.7 Å². The van der Waals surface area contributed by atoms with Gasteiger partial charge in [0, 0.05) is 0 Å². The number of aliphatic hydroxyl groups is 1. The molecule has 1 fully saturated rings. The second kappa shape index (κ2) is 4.01. The van der Waals surface area contributed by atoms with E-state index in [2.05, 4.69) is 54.7 Å². The van der Waals surface area contributed by atoms with Crippen molar-refractivity contribution in [1.82, 2.24) is 9.55 Å². The van der Waals surface area contributed by atoms with Crippen LogP contribution in [0.25, 0.3) is 0 Å². The molecule has 0 aromatic carbocycles. The Morgan fingerprint density at radius 3 is 2.69 bits per heavy atom.